The van der Waals surface area contributed by atoms with Crippen LogP contribution in [0.2, 0.25) is 10.0 Å². The average molecular weight is 583 g/mol. The molecule has 37 heavy (non-hydrogen) atoms. The molecule has 6 nitrogen and oxygen atoms in total. The molecule has 0 radical (unpaired) electrons. The summed E-state index contributed by atoms with van der Waals surface area (Å²) in [6, 6.07) is 10.6. The van der Waals surface area contributed by atoms with Gasteiger partial charge in [0.1, 0.15) is 17.5 Å². The maximum atomic E-state index is 13.3. The Hall–Kier alpha value is -3.08. The third kappa shape index (κ3) is 6.82. The fourth-order valence-electron chi connectivity index (χ4n) is 3.08. The number of amides is 1. The summed E-state index contributed by atoms with van der Waals surface area (Å²) < 4.78 is 85.7. The number of nitrogens with zero attached hydrogens (tertiary/aromatic N) is 3. The van der Waals surface area contributed by atoms with Crippen molar-refractivity contribution in [2.24, 2.45) is 0 Å². The van der Waals surface area contributed by atoms with Crippen molar-refractivity contribution in [2.45, 2.75) is 36.0 Å². The van der Waals surface area contributed by atoms with Crippen LogP contribution in [0.15, 0.2) is 47.4 Å². The van der Waals surface area contributed by atoms with Crippen molar-refractivity contribution in [1.29, 1.82) is 5.26 Å². The Bertz CT molecular complexity index is 1320. The molecule has 0 bridgehead atoms. The number of alkyl halides is 6. The van der Waals surface area contributed by atoms with E-state index in [9.17, 15) is 36.4 Å². The van der Waals surface area contributed by atoms with E-state index in [0.29, 0.717) is 22.6 Å². The normalized spacial score (nSPS) is 12.6. The van der Waals surface area contributed by atoms with Gasteiger partial charge in [0.2, 0.25) is 0 Å². The number of benzene rings is 2. The number of thioether (sulfide) groups is 1. The lowest BCUT2D eigenvalue weighted by atomic mass is 10.2. The molecule has 0 spiro atoms. The minimum absolute atomic E-state index is 0.0868. The van der Waals surface area contributed by atoms with Crippen molar-refractivity contribution in [3.05, 3.63) is 63.8 Å². The number of aromatic nitrogens is 2. The van der Waals surface area contributed by atoms with Crippen molar-refractivity contribution >= 4 is 46.7 Å². The van der Waals surface area contributed by atoms with Crippen molar-refractivity contribution in [3.8, 4) is 17.5 Å². The van der Waals surface area contributed by atoms with Gasteiger partial charge in [-0.1, -0.05) is 48.3 Å². The first-order chi connectivity index (χ1) is 17.2. The SMILES string of the molecule is CCC(Oc1ccccc1)C(=O)Nc1c(SC(F)(F)F)c(C#N)nn1-c1c(Cl)cc(C(F)(F)F)cc1Cl. The highest BCUT2D eigenvalue weighted by atomic mass is 35.5. The van der Waals surface area contributed by atoms with Gasteiger partial charge in [-0.3, -0.25) is 4.79 Å². The molecule has 1 unspecified atom stereocenters. The molecule has 1 atom stereocenters. The van der Waals surface area contributed by atoms with E-state index in [4.69, 9.17) is 27.9 Å². The van der Waals surface area contributed by atoms with Crippen molar-refractivity contribution in [3.63, 3.8) is 0 Å². The fraction of sp³-hybridized carbons (Fsp3) is 0.227. The summed E-state index contributed by atoms with van der Waals surface area (Å²) in [5, 5.41) is 14.1. The molecule has 0 saturated heterocycles. The minimum Gasteiger partial charge on any atom is -0.481 e. The lowest BCUT2D eigenvalue weighted by Crippen LogP contribution is -2.33. The van der Waals surface area contributed by atoms with Crippen LogP contribution < -0.4 is 10.1 Å². The maximum absolute atomic E-state index is 13.3. The van der Waals surface area contributed by atoms with E-state index in [1.807, 2.05) is 0 Å². The largest absolute Gasteiger partial charge is 0.481 e. The van der Waals surface area contributed by atoms with Gasteiger partial charge in [-0.15, -0.1) is 0 Å². The number of carbonyl (C=O) groups excluding carboxylic acids is 1. The van der Waals surface area contributed by atoms with Crippen LogP contribution in [0.3, 0.4) is 0 Å². The molecule has 3 rings (SSSR count). The number of hydrogen-bond donors (Lipinski definition) is 1. The standard InChI is InChI=1S/C22H14Cl2F6N4O2S/c1-2-16(36-12-6-4-3-5-7-12)20(35)32-19-18(37-22(28,29)30)15(10-31)33-34(19)17-13(23)8-11(9-14(17)24)21(25,26)27/h3-9,16H,2H2,1H3,(H,32,35). The molecule has 3 aromatic rings. The lowest BCUT2D eigenvalue weighted by Gasteiger charge is -2.19. The Morgan fingerprint density at radius 1 is 1.16 bits per heavy atom. The molecule has 1 aromatic heterocycles. The molecule has 0 saturated carbocycles. The number of anilines is 1. The number of carbonyl (C=O) groups is 1. The first kappa shape index (κ1) is 28.5. The highest BCUT2D eigenvalue weighted by Gasteiger charge is 2.37. The molecule has 0 aliphatic rings. The molecular formula is C22H14Cl2F6N4O2S. The summed E-state index contributed by atoms with van der Waals surface area (Å²) in [4.78, 5) is 12.2. The van der Waals surface area contributed by atoms with Gasteiger partial charge in [0.05, 0.1) is 20.5 Å². The summed E-state index contributed by atoms with van der Waals surface area (Å²) >= 11 is 11.3. The monoisotopic (exact) mass is 582 g/mol. The molecule has 196 valence electrons. The molecular weight excluding hydrogens is 569 g/mol. The topological polar surface area (TPSA) is 79.9 Å². The molecule has 2 aromatic carbocycles. The second-order valence-corrected chi connectivity index (χ2v) is 9.09. The zero-order chi connectivity index (χ0) is 27.5. The van der Waals surface area contributed by atoms with Crippen LogP contribution in [0.1, 0.15) is 24.6 Å². The zero-order valence-electron chi connectivity index (χ0n) is 18.4. The molecule has 15 heteroatoms. The number of halogens is 8. The van der Waals surface area contributed by atoms with Gasteiger partial charge in [-0.05, 0) is 42.4 Å². The summed E-state index contributed by atoms with van der Waals surface area (Å²) in [5.74, 6) is -1.29. The summed E-state index contributed by atoms with van der Waals surface area (Å²) in [6.45, 7) is 1.58. The van der Waals surface area contributed by atoms with Gasteiger partial charge >= 0.3 is 11.7 Å². The summed E-state index contributed by atoms with van der Waals surface area (Å²) in [7, 11) is 0. The second kappa shape index (κ2) is 11.1. The maximum Gasteiger partial charge on any atom is 0.446 e. The third-order valence-electron chi connectivity index (χ3n) is 4.65. The van der Waals surface area contributed by atoms with Gasteiger partial charge in [-0.25, -0.2) is 4.68 Å². The van der Waals surface area contributed by atoms with Gasteiger partial charge in [0, 0.05) is 0 Å². The number of ether oxygens (including phenoxy) is 1. The minimum atomic E-state index is -4.92. The fourth-order valence-corrected chi connectivity index (χ4v) is 4.37. The van der Waals surface area contributed by atoms with Crippen molar-refractivity contribution in [1.82, 2.24) is 9.78 Å². The van der Waals surface area contributed by atoms with Gasteiger partial charge in [0.15, 0.2) is 17.6 Å². The first-order valence-corrected chi connectivity index (χ1v) is 11.7. The summed E-state index contributed by atoms with van der Waals surface area (Å²) in [6.07, 6.45) is -5.94. The number of rotatable bonds is 7. The lowest BCUT2D eigenvalue weighted by molar-refractivity contribution is -0.137. The van der Waals surface area contributed by atoms with Crippen LogP contribution >= 0.6 is 35.0 Å². The quantitative estimate of drug-likeness (QED) is 0.231. The highest BCUT2D eigenvalue weighted by Crippen LogP contribution is 2.45. The first-order valence-electron chi connectivity index (χ1n) is 10.1. The van der Waals surface area contributed by atoms with Crippen LogP contribution in [0.5, 0.6) is 5.75 Å². The molecule has 1 heterocycles. The van der Waals surface area contributed by atoms with E-state index >= 15 is 0 Å². The Kier molecular flexibility index (Phi) is 8.56. The van der Waals surface area contributed by atoms with Gasteiger partial charge in [0.25, 0.3) is 5.91 Å². The Morgan fingerprint density at radius 3 is 2.24 bits per heavy atom. The number of hydrogen-bond acceptors (Lipinski definition) is 5. The van der Waals surface area contributed by atoms with Crippen LogP contribution in [-0.2, 0) is 11.0 Å². The van der Waals surface area contributed by atoms with E-state index in [2.05, 4.69) is 10.4 Å². The van der Waals surface area contributed by atoms with Crippen LogP contribution in [-0.4, -0.2) is 27.3 Å². The van der Waals surface area contributed by atoms with E-state index in [0.717, 1.165) is 0 Å². The van der Waals surface area contributed by atoms with Crippen LogP contribution in [0, 0.1) is 11.3 Å². The highest BCUT2D eigenvalue weighted by molar-refractivity contribution is 8.00. The average Bonchev–Trinajstić information content (AvgIpc) is 3.12. The van der Waals surface area contributed by atoms with Crippen molar-refractivity contribution in [2.75, 3.05) is 5.32 Å². The number of nitriles is 1. The van der Waals surface area contributed by atoms with Gasteiger partial charge < -0.3 is 10.1 Å². The zero-order valence-corrected chi connectivity index (χ0v) is 20.7. The molecule has 0 aliphatic carbocycles. The van der Waals surface area contributed by atoms with Crippen LogP contribution in [0.4, 0.5) is 32.2 Å². The summed E-state index contributed by atoms with van der Waals surface area (Å²) in [5.41, 5.74) is -7.40. The third-order valence-corrected chi connectivity index (χ3v) is 6.05. The van der Waals surface area contributed by atoms with E-state index in [1.165, 1.54) is 6.07 Å². The Balaban J connectivity index is 2.14. The van der Waals surface area contributed by atoms with Crippen LogP contribution in [0.25, 0.3) is 5.69 Å². The molecule has 1 amide bonds. The molecule has 0 fully saturated rings. The molecule has 1 N–H and O–H groups in total. The van der Waals surface area contributed by atoms with E-state index in [1.54, 1.807) is 37.3 Å². The predicted molar refractivity (Wildman–Crippen MR) is 125 cm³/mol. The number of para-hydroxylation sites is 1. The second-order valence-electron chi connectivity index (χ2n) is 7.20. The van der Waals surface area contributed by atoms with Gasteiger partial charge in [-0.2, -0.15) is 36.7 Å². The predicted octanol–water partition coefficient (Wildman–Crippen LogP) is 7.48. The number of nitrogens with one attached hydrogen (secondary N) is 1. The van der Waals surface area contributed by atoms with E-state index in [-0.39, 0.29) is 6.42 Å². The van der Waals surface area contributed by atoms with Crippen molar-refractivity contribution < 1.29 is 35.9 Å². The smallest absolute Gasteiger partial charge is 0.446 e. The Labute approximate surface area is 220 Å². The molecule has 0 aliphatic heterocycles. The van der Waals surface area contributed by atoms with E-state index < -0.39 is 73.2 Å². The Morgan fingerprint density at radius 2 is 1.76 bits per heavy atom.